The first-order valence-electron chi connectivity index (χ1n) is 10.1. The van der Waals surface area contributed by atoms with E-state index in [1.54, 1.807) is 30.5 Å². The van der Waals surface area contributed by atoms with Crippen LogP contribution in [0.2, 0.25) is 0 Å². The van der Waals surface area contributed by atoms with Crippen molar-refractivity contribution in [2.45, 2.75) is 43.5 Å². The van der Waals surface area contributed by atoms with E-state index in [-0.39, 0.29) is 23.3 Å². The van der Waals surface area contributed by atoms with E-state index in [2.05, 4.69) is 17.4 Å². The first-order chi connectivity index (χ1) is 14.3. The van der Waals surface area contributed by atoms with Gasteiger partial charge in [-0.15, -0.1) is 0 Å². The molecule has 1 heterocycles. The predicted molar refractivity (Wildman–Crippen MR) is 116 cm³/mol. The van der Waals surface area contributed by atoms with Crippen molar-refractivity contribution in [3.63, 3.8) is 0 Å². The summed E-state index contributed by atoms with van der Waals surface area (Å²) < 4.78 is 31.3. The summed E-state index contributed by atoms with van der Waals surface area (Å²) in [7, 11) is -0.467. The van der Waals surface area contributed by atoms with Gasteiger partial charge in [0, 0.05) is 25.0 Å². The van der Waals surface area contributed by atoms with Crippen LogP contribution in [-0.2, 0) is 34.1 Å². The van der Waals surface area contributed by atoms with Crippen LogP contribution in [0.25, 0.3) is 11.0 Å². The number of carbonyl (C=O) groups is 1. The molecule has 0 fully saturated rings. The normalized spacial score (nSPS) is 14.8. The third-order valence-electron chi connectivity index (χ3n) is 5.76. The lowest BCUT2D eigenvalue weighted by Gasteiger charge is -2.16. The van der Waals surface area contributed by atoms with Gasteiger partial charge in [-0.25, -0.2) is 12.7 Å². The van der Waals surface area contributed by atoms with Crippen LogP contribution in [0.1, 0.15) is 41.6 Å². The second-order valence-corrected chi connectivity index (χ2v) is 10.2. The SMILES string of the molecule is CC(NC(=O)Cc1coc2cc3c(cc12)CCC3)c1ccc(S(=O)(=O)N(C)C)cc1. The Balaban J connectivity index is 1.45. The van der Waals surface area contributed by atoms with Gasteiger partial charge in [0.1, 0.15) is 5.58 Å². The molecule has 4 rings (SSSR count). The topological polar surface area (TPSA) is 79.6 Å². The second kappa shape index (κ2) is 7.89. The highest BCUT2D eigenvalue weighted by atomic mass is 32.2. The van der Waals surface area contributed by atoms with Gasteiger partial charge in [-0.1, -0.05) is 12.1 Å². The summed E-state index contributed by atoms with van der Waals surface area (Å²) in [4.78, 5) is 12.9. The van der Waals surface area contributed by atoms with Gasteiger partial charge < -0.3 is 9.73 Å². The number of nitrogens with zero attached hydrogens (tertiary/aromatic N) is 1. The number of sulfonamides is 1. The average molecular weight is 427 g/mol. The summed E-state index contributed by atoms with van der Waals surface area (Å²) in [6.45, 7) is 1.88. The molecule has 6 nitrogen and oxygen atoms in total. The van der Waals surface area contributed by atoms with Crippen molar-refractivity contribution in [1.29, 1.82) is 0 Å². The first-order valence-corrected chi connectivity index (χ1v) is 11.5. The molecule has 1 atom stereocenters. The third kappa shape index (κ3) is 3.87. The lowest BCUT2D eigenvalue weighted by molar-refractivity contribution is -0.121. The fraction of sp³-hybridized carbons (Fsp3) is 0.348. The minimum atomic E-state index is -3.47. The highest BCUT2D eigenvalue weighted by Crippen LogP contribution is 2.30. The molecule has 0 saturated heterocycles. The number of hydrogen-bond acceptors (Lipinski definition) is 4. The number of benzene rings is 2. The maximum Gasteiger partial charge on any atom is 0.242 e. The van der Waals surface area contributed by atoms with E-state index in [1.807, 2.05) is 6.92 Å². The Morgan fingerprint density at radius 1 is 1.13 bits per heavy atom. The minimum absolute atomic E-state index is 0.101. The molecule has 158 valence electrons. The summed E-state index contributed by atoms with van der Waals surface area (Å²) >= 11 is 0. The second-order valence-electron chi connectivity index (χ2n) is 8.05. The first kappa shape index (κ1) is 20.6. The van der Waals surface area contributed by atoms with Crippen molar-refractivity contribution in [3.05, 3.63) is 64.9 Å². The van der Waals surface area contributed by atoms with Gasteiger partial charge in [0.25, 0.3) is 0 Å². The number of nitrogens with one attached hydrogen (secondary N) is 1. The number of amides is 1. The molecule has 7 heteroatoms. The molecule has 3 aromatic rings. The van der Waals surface area contributed by atoms with Crippen molar-refractivity contribution in [1.82, 2.24) is 9.62 Å². The molecule has 0 aliphatic heterocycles. The van der Waals surface area contributed by atoms with Crippen molar-refractivity contribution < 1.29 is 17.6 Å². The summed E-state index contributed by atoms with van der Waals surface area (Å²) in [5.41, 5.74) is 5.27. The summed E-state index contributed by atoms with van der Waals surface area (Å²) in [5.74, 6) is -0.101. The number of rotatable bonds is 6. The van der Waals surface area contributed by atoms with E-state index < -0.39 is 10.0 Å². The molecule has 1 aliphatic rings. The smallest absolute Gasteiger partial charge is 0.242 e. The molecule has 0 bridgehead atoms. The Bertz CT molecular complexity index is 1190. The average Bonchev–Trinajstić information content (AvgIpc) is 3.32. The molecule has 2 aromatic carbocycles. The predicted octanol–water partition coefficient (Wildman–Crippen LogP) is 3.59. The molecular weight excluding hydrogens is 400 g/mol. The van der Waals surface area contributed by atoms with Crippen LogP contribution in [0.15, 0.2) is 52.0 Å². The van der Waals surface area contributed by atoms with Crippen molar-refractivity contribution in [2.24, 2.45) is 0 Å². The Morgan fingerprint density at radius 2 is 1.80 bits per heavy atom. The molecule has 1 N–H and O–H groups in total. The fourth-order valence-corrected chi connectivity index (χ4v) is 4.87. The van der Waals surface area contributed by atoms with Gasteiger partial charge in [-0.2, -0.15) is 0 Å². The van der Waals surface area contributed by atoms with Crippen LogP contribution >= 0.6 is 0 Å². The molecular formula is C23H26N2O4S. The zero-order valence-electron chi connectivity index (χ0n) is 17.4. The lowest BCUT2D eigenvalue weighted by Crippen LogP contribution is -2.28. The third-order valence-corrected chi connectivity index (χ3v) is 7.58. The van der Waals surface area contributed by atoms with Gasteiger partial charge in [0.15, 0.2) is 0 Å². The maximum atomic E-state index is 12.6. The van der Waals surface area contributed by atoms with Crippen LogP contribution in [0.5, 0.6) is 0 Å². The maximum absolute atomic E-state index is 12.6. The molecule has 1 aliphatic carbocycles. The Morgan fingerprint density at radius 3 is 2.47 bits per heavy atom. The number of furan rings is 1. The molecule has 30 heavy (non-hydrogen) atoms. The van der Waals surface area contributed by atoms with Gasteiger partial charge >= 0.3 is 0 Å². The van der Waals surface area contributed by atoms with Crippen LogP contribution in [-0.4, -0.2) is 32.7 Å². The fourth-order valence-electron chi connectivity index (χ4n) is 3.97. The molecule has 0 radical (unpaired) electrons. The van der Waals surface area contributed by atoms with Gasteiger partial charge in [-0.3, -0.25) is 4.79 Å². The van der Waals surface area contributed by atoms with E-state index in [4.69, 9.17) is 4.42 Å². The monoisotopic (exact) mass is 426 g/mol. The molecule has 0 saturated carbocycles. The van der Waals surface area contributed by atoms with Gasteiger partial charge in [-0.05, 0) is 67.1 Å². The van der Waals surface area contributed by atoms with E-state index in [0.717, 1.165) is 34.9 Å². The van der Waals surface area contributed by atoms with E-state index in [9.17, 15) is 13.2 Å². The number of fused-ring (bicyclic) bond motifs is 2. The zero-order chi connectivity index (χ0) is 21.5. The van der Waals surface area contributed by atoms with Crippen LogP contribution in [0.4, 0.5) is 0 Å². The van der Waals surface area contributed by atoms with E-state index >= 15 is 0 Å². The van der Waals surface area contributed by atoms with E-state index in [1.165, 1.54) is 35.9 Å². The summed E-state index contributed by atoms with van der Waals surface area (Å²) in [6.07, 6.45) is 5.25. The van der Waals surface area contributed by atoms with Crippen molar-refractivity contribution >= 4 is 26.9 Å². The lowest BCUT2D eigenvalue weighted by atomic mass is 10.0. The largest absolute Gasteiger partial charge is 0.464 e. The van der Waals surface area contributed by atoms with Gasteiger partial charge in [0.05, 0.1) is 23.6 Å². The minimum Gasteiger partial charge on any atom is -0.464 e. The standard InChI is InChI=1S/C23H26N2O4S/c1-15(16-7-9-20(10-8-16)30(27,28)25(2)3)24-23(26)13-19-14-29-22-12-18-6-4-5-17(18)11-21(19)22/h7-12,14-15H,4-6,13H2,1-3H3,(H,24,26). The summed E-state index contributed by atoms with van der Waals surface area (Å²) in [5, 5.41) is 4.00. The van der Waals surface area contributed by atoms with Gasteiger partial charge in [0.2, 0.25) is 15.9 Å². The number of carbonyl (C=O) groups excluding carboxylic acids is 1. The number of hydrogen-bond donors (Lipinski definition) is 1. The quantitative estimate of drug-likeness (QED) is 0.653. The van der Waals surface area contributed by atoms with Crippen molar-refractivity contribution in [2.75, 3.05) is 14.1 Å². The summed E-state index contributed by atoms with van der Waals surface area (Å²) in [6, 6.07) is 10.6. The molecule has 1 aromatic heterocycles. The number of aryl methyl sites for hydroxylation is 2. The Labute approximate surface area is 176 Å². The van der Waals surface area contributed by atoms with Crippen molar-refractivity contribution in [3.8, 4) is 0 Å². The Kier molecular flexibility index (Phi) is 5.42. The highest BCUT2D eigenvalue weighted by Gasteiger charge is 2.19. The zero-order valence-corrected chi connectivity index (χ0v) is 18.3. The van der Waals surface area contributed by atoms with Crippen LogP contribution in [0, 0.1) is 0 Å². The molecule has 1 amide bonds. The van der Waals surface area contributed by atoms with Crippen LogP contribution in [0.3, 0.4) is 0 Å². The Hall–Kier alpha value is -2.64. The highest BCUT2D eigenvalue weighted by molar-refractivity contribution is 7.89. The van der Waals surface area contributed by atoms with Crippen LogP contribution < -0.4 is 5.32 Å². The van der Waals surface area contributed by atoms with E-state index in [0.29, 0.717) is 0 Å². The molecule has 1 unspecified atom stereocenters. The molecule has 0 spiro atoms.